The lowest BCUT2D eigenvalue weighted by Gasteiger charge is -2.14. The van der Waals surface area contributed by atoms with Crippen molar-refractivity contribution in [3.8, 4) is 11.5 Å². The number of para-hydroxylation sites is 1. The highest BCUT2D eigenvalue weighted by Gasteiger charge is 2.22. The summed E-state index contributed by atoms with van der Waals surface area (Å²) in [5, 5.41) is 2.60. The maximum Gasteiger partial charge on any atom is 0.263 e. The van der Waals surface area contributed by atoms with Crippen LogP contribution in [0.25, 0.3) is 6.08 Å². The van der Waals surface area contributed by atoms with E-state index in [9.17, 15) is 4.79 Å². The first-order valence-corrected chi connectivity index (χ1v) is 9.26. The minimum absolute atomic E-state index is 0.188. The van der Waals surface area contributed by atoms with Gasteiger partial charge < -0.3 is 14.8 Å². The molecule has 2 aromatic rings. The average Bonchev–Trinajstić information content (AvgIpc) is 2.98. The van der Waals surface area contributed by atoms with Crippen molar-refractivity contribution in [1.29, 1.82) is 0 Å². The number of carbonyl (C=O) groups is 1. The largest absolute Gasteiger partial charge is 0.493 e. The van der Waals surface area contributed by atoms with Crippen LogP contribution in [0, 0.1) is 0 Å². The van der Waals surface area contributed by atoms with E-state index in [-0.39, 0.29) is 5.91 Å². The van der Waals surface area contributed by atoms with Crippen LogP contribution in [0.5, 0.6) is 11.5 Å². The Morgan fingerprint density at radius 3 is 2.70 bits per heavy atom. The summed E-state index contributed by atoms with van der Waals surface area (Å²) in [6.45, 7) is 0.343. The third kappa shape index (κ3) is 4.79. The molecule has 0 unspecified atom stereocenters. The second kappa shape index (κ2) is 8.90. The number of ether oxygens (including phenoxy) is 2. The molecule has 1 fully saturated rings. The number of methoxy groups -OCH3 is 1. The molecule has 0 saturated carbocycles. The SMILES string of the molecule is CONc1ccccc1COc1ccc(/C=C2\SC(=S)NC2=O)cc1OC. The van der Waals surface area contributed by atoms with E-state index >= 15 is 0 Å². The molecule has 0 aliphatic carbocycles. The molecule has 1 amide bonds. The van der Waals surface area contributed by atoms with Gasteiger partial charge in [0.1, 0.15) is 10.9 Å². The fraction of sp³-hybridized carbons (Fsp3) is 0.158. The van der Waals surface area contributed by atoms with Gasteiger partial charge in [0.2, 0.25) is 0 Å². The lowest BCUT2D eigenvalue weighted by atomic mass is 10.1. The van der Waals surface area contributed by atoms with Gasteiger partial charge >= 0.3 is 0 Å². The summed E-state index contributed by atoms with van der Waals surface area (Å²) >= 11 is 6.24. The van der Waals surface area contributed by atoms with Crippen molar-refractivity contribution in [1.82, 2.24) is 5.32 Å². The highest BCUT2D eigenvalue weighted by molar-refractivity contribution is 8.26. The lowest BCUT2D eigenvalue weighted by Crippen LogP contribution is -2.17. The van der Waals surface area contributed by atoms with Crippen LogP contribution in [-0.4, -0.2) is 24.4 Å². The summed E-state index contributed by atoms with van der Waals surface area (Å²) in [7, 11) is 3.13. The topological polar surface area (TPSA) is 68.8 Å². The molecular weight excluding hydrogens is 384 g/mol. The number of hydrogen-bond donors (Lipinski definition) is 2. The zero-order chi connectivity index (χ0) is 19.2. The first-order chi connectivity index (χ1) is 13.1. The first-order valence-electron chi connectivity index (χ1n) is 8.03. The van der Waals surface area contributed by atoms with E-state index < -0.39 is 0 Å². The minimum Gasteiger partial charge on any atom is -0.493 e. The fourth-order valence-corrected chi connectivity index (χ4v) is 3.52. The number of thioether (sulfide) groups is 1. The van der Waals surface area contributed by atoms with E-state index in [0.717, 1.165) is 16.8 Å². The van der Waals surface area contributed by atoms with Gasteiger partial charge in [-0.05, 0) is 29.8 Å². The van der Waals surface area contributed by atoms with Crippen LogP contribution in [0.1, 0.15) is 11.1 Å². The number of thiocarbonyl (C=S) groups is 1. The van der Waals surface area contributed by atoms with Gasteiger partial charge in [-0.25, -0.2) is 0 Å². The highest BCUT2D eigenvalue weighted by atomic mass is 32.2. The van der Waals surface area contributed by atoms with Gasteiger partial charge in [0.15, 0.2) is 11.5 Å². The molecule has 0 spiro atoms. The van der Waals surface area contributed by atoms with Crippen LogP contribution in [0.15, 0.2) is 47.4 Å². The third-order valence-electron chi connectivity index (χ3n) is 3.74. The summed E-state index contributed by atoms with van der Waals surface area (Å²) in [5.74, 6) is 0.991. The Morgan fingerprint density at radius 1 is 1.19 bits per heavy atom. The molecule has 3 rings (SSSR count). The van der Waals surface area contributed by atoms with Crippen molar-refractivity contribution in [2.45, 2.75) is 6.61 Å². The minimum atomic E-state index is -0.188. The van der Waals surface area contributed by atoms with Crippen molar-refractivity contribution >= 4 is 46.0 Å². The fourth-order valence-electron chi connectivity index (χ4n) is 2.48. The Balaban J connectivity index is 1.76. The van der Waals surface area contributed by atoms with E-state index in [2.05, 4.69) is 10.8 Å². The van der Waals surface area contributed by atoms with Gasteiger partial charge in [0.25, 0.3) is 5.91 Å². The van der Waals surface area contributed by atoms with E-state index in [1.807, 2.05) is 42.5 Å². The van der Waals surface area contributed by atoms with Crippen LogP contribution < -0.4 is 20.3 Å². The molecule has 1 aliphatic heterocycles. The van der Waals surface area contributed by atoms with Gasteiger partial charge in [-0.1, -0.05) is 48.2 Å². The van der Waals surface area contributed by atoms with E-state index in [1.165, 1.54) is 11.8 Å². The number of amides is 1. The maximum atomic E-state index is 11.8. The maximum absolute atomic E-state index is 11.8. The molecule has 1 heterocycles. The molecule has 2 N–H and O–H groups in total. The number of anilines is 1. The van der Waals surface area contributed by atoms with Crippen molar-refractivity contribution in [2.75, 3.05) is 19.7 Å². The van der Waals surface area contributed by atoms with E-state index in [4.69, 9.17) is 26.5 Å². The number of rotatable bonds is 7. The second-order valence-electron chi connectivity index (χ2n) is 5.51. The van der Waals surface area contributed by atoms with Crippen LogP contribution in [0.4, 0.5) is 5.69 Å². The number of carbonyl (C=O) groups excluding carboxylic acids is 1. The molecule has 1 aliphatic rings. The Kier molecular flexibility index (Phi) is 6.33. The first kappa shape index (κ1) is 19.2. The number of nitrogens with one attached hydrogen (secondary N) is 2. The molecule has 2 aromatic carbocycles. The lowest BCUT2D eigenvalue weighted by molar-refractivity contribution is -0.115. The highest BCUT2D eigenvalue weighted by Crippen LogP contribution is 2.32. The molecule has 0 atom stereocenters. The zero-order valence-electron chi connectivity index (χ0n) is 14.8. The monoisotopic (exact) mass is 402 g/mol. The van der Waals surface area contributed by atoms with Gasteiger partial charge in [-0.2, -0.15) is 0 Å². The summed E-state index contributed by atoms with van der Waals surface area (Å²) in [4.78, 5) is 17.3. The molecule has 6 nitrogen and oxygen atoms in total. The van der Waals surface area contributed by atoms with Gasteiger partial charge in [0.05, 0.1) is 24.8 Å². The normalized spacial score (nSPS) is 15.0. The van der Waals surface area contributed by atoms with Crippen molar-refractivity contribution < 1.29 is 19.1 Å². The molecule has 140 valence electrons. The number of benzene rings is 2. The van der Waals surface area contributed by atoms with Crippen LogP contribution in [-0.2, 0) is 16.2 Å². The van der Waals surface area contributed by atoms with Crippen LogP contribution >= 0.6 is 24.0 Å². The van der Waals surface area contributed by atoms with E-state index in [0.29, 0.717) is 27.3 Å². The van der Waals surface area contributed by atoms with Crippen molar-refractivity contribution in [3.63, 3.8) is 0 Å². The van der Waals surface area contributed by atoms with Crippen molar-refractivity contribution in [3.05, 3.63) is 58.5 Å². The molecule has 8 heteroatoms. The van der Waals surface area contributed by atoms with Crippen LogP contribution in [0.2, 0.25) is 0 Å². The Morgan fingerprint density at radius 2 is 2.00 bits per heavy atom. The summed E-state index contributed by atoms with van der Waals surface area (Å²) in [5.41, 5.74) is 5.43. The van der Waals surface area contributed by atoms with Crippen LogP contribution in [0.3, 0.4) is 0 Å². The second-order valence-corrected chi connectivity index (χ2v) is 7.23. The summed E-state index contributed by atoms with van der Waals surface area (Å²) in [6.07, 6.45) is 1.77. The summed E-state index contributed by atoms with van der Waals surface area (Å²) < 4.78 is 11.8. The third-order valence-corrected chi connectivity index (χ3v) is 4.90. The number of hydrogen-bond acceptors (Lipinski definition) is 7. The van der Waals surface area contributed by atoms with Gasteiger partial charge in [-0.3, -0.25) is 15.1 Å². The molecule has 0 radical (unpaired) electrons. The summed E-state index contributed by atoms with van der Waals surface area (Å²) in [6, 6.07) is 13.2. The Bertz CT molecular complexity index is 899. The molecule has 1 saturated heterocycles. The average molecular weight is 402 g/mol. The molecular formula is C19H18N2O4S2. The molecule has 27 heavy (non-hydrogen) atoms. The zero-order valence-corrected chi connectivity index (χ0v) is 16.4. The van der Waals surface area contributed by atoms with Gasteiger partial charge in [-0.15, -0.1) is 0 Å². The quantitative estimate of drug-likeness (QED) is 0.415. The van der Waals surface area contributed by atoms with Crippen molar-refractivity contribution in [2.24, 2.45) is 0 Å². The standard InChI is InChI=1S/C19H18N2O4S2/c1-23-16-9-12(10-17-18(22)20-19(26)27-17)7-8-15(16)25-11-13-5-3-4-6-14(13)21-24-2/h3-10,21H,11H2,1-2H3,(H,20,22,26)/b17-10-. The molecule has 0 aromatic heterocycles. The predicted molar refractivity (Wildman–Crippen MR) is 111 cm³/mol. The van der Waals surface area contributed by atoms with Gasteiger partial charge in [0, 0.05) is 5.56 Å². The Labute approximate surface area is 166 Å². The smallest absolute Gasteiger partial charge is 0.263 e. The Hall–Kier alpha value is -2.55. The predicted octanol–water partition coefficient (Wildman–Crippen LogP) is 3.74. The van der Waals surface area contributed by atoms with E-state index in [1.54, 1.807) is 20.3 Å². The molecule has 0 bridgehead atoms.